The fourth-order valence-electron chi connectivity index (χ4n) is 2.43. The summed E-state index contributed by atoms with van der Waals surface area (Å²) in [5.74, 6) is 0. The maximum absolute atomic E-state index is 13.1. The van der Waals surface area contributed by atoms with Gasteiger partial charge in [-0.2, -0.15) is 13.2 Å². The summed E-state index contributed by atoms with van der Waals surface area (Å²) in [6, 6.07) is 3.03. The molecule has 1 aliphatic rings. The van der Waals surface area contributed by atoms with Crippen LogP contribution in [0, 0.1) is 0 Å². The lowest BCUT2D eigenvalue weighted by molar-refractivity contribution is -0.137. The maximum Gasteiger partial charge on any atom is 0.496 e. The van der Waals surface area contributed by atoms with Gasteiger partial charge in [-0.05, 0) is 54.5 Å². The molecule has 1 aromatic rings. The van der Waals surface area contributed by atoms with Crippen molar-refractivity contribution in [1.82, 2.24) is 0 Å². The second-order valence-electron chi connectivity index (χ2n) is 8.51. The second kappa shape index (κ2) is 6.70. The predicted octanol–water partition coefficient (Wildman–Crippen LogP) is 4.35. The number of benzene rings is 1. The molecule has 1 aliphatic heterocycles. The smallest absolute Gasteiger partial charge is 0.444 e. The number of carbonyl (C=O) groups is 1. The van der Waals surface area contributed by atoms with Gasteiger partial charge in [0.05, 0.1) is 16.8 Å². The Kier molecular flexibility index (Phi) is 5.35. The normalized spacial score (nSPS) is 19.1. The van der Waals surface area contributed by atoms with Crippen LogP contribution < -0.4 is 10.8 Å². The molecule has 1 saturated heterocycles. The van der Waals surface area contributed by atoms with Crippen molar-refractivity contribution in [3.63, 3.8) is 0 Å². The Balaban J connectivity index is 2.41. The van der Waals surface area contributed by atoms with Gasteiger partial charge in [0.25, 0.3) is 0 Å². The number of carbonyl (C=O) groups excluding carboxylic acids is 1. The average Bonchev–Trinajstić information content (AvgIpc) is 2.63. The Labute approximate surface area is 157 Å². The van der Waals surface area contributed by atoms with Crippen LogP contribution in [-0.2, 0) is 20.2 Å². The van der Waals surface area contributed by atoms with Gasteiger partial charge in [-0.1, -0.05) is 12.1 Å². The van der Waals surface area contributed by atoms with Crippen LogP contribution in [0.25, 0.3) is 0 Å². The molecule has 0 spiro atoms. The van der Waals surface area contributed by atoms with Gasteiger partial charge in [-0.25, -0.2) is 4.79 Å². The number of anilines is 1. The minimum Gasteiger partial charge on any atom is -0.444 e. The van der Waals surface area contributed by atoms with Crippen LogP contribution in [0.4, 0.5) is 23.7 Å². The van der Waals surface area contributed by atoms with E-state index in [1.165, 1.54) is 6.07 Å². The van der Waals surface area contributed by atoms with E-state index in [1.807, 2.05) is 27.7 Å². The number of halogens is 3. The summed E-state index contributed by atoms with van der Waals surface area (Å²) in [5.41, 5.74) is -2.83. The van der Waals surface area contributed by atoms with E-state index in [-0.39, 0.29) is 11.2 Å². The first-order valence-corrected chi connectivity index (χ1v) is 8.59. The molecule has 0 atom stereocenters. The third-order valence-electron chi connectivity index (χ3n) is 4.52. The molecule has 1 aromatic carbocycles. The van der Waals surface area contributed by atoms with Crippen LogP contribution in [0.2, 0.25) is 0 Å². The summed E-state index contributed by atoms with van der Waals surface area (Å²) in [4.78, 5) is 12.1. The highest BCUT2D eigenvalue weighted by Crippen LogP contribution is 2.38. The number of rotatable bonds is 2. The van der Waals surface area contributed by atoms with E-state index < -0.39 is 41.8 Å². The Hall–Kier alpha value is -1.74. The topological polar surface area (TPSA) is 56.8 Å². The minimum absolute atomic E-state index is 0.0717. The molecule has 0 bridgehead atoms. The molecule has 150 valence electrons. The highest BCUT2D eigenvalue weighted by molar-refractivity contribution is 6.64. The van der Waals surface area contributed by atoms with E-state index in [2.05, 4.69) is 5.32 Å². The molecule has 0 aliphatic carbocycles. The first-order chi connectivity index (χ1) is 12.0. The number of nitrogens with one attached hydrogen (secondary N) is 1. The number of alkyl halides is 3. The zero-order chi connectivity index (χ0) is 20.8. The van der Waals surface area contributed by atoms with E-state index in [9.17, 15) is 18.0 Å². The van der Waals surface area contributed by atoms with Crippen molar-refractivity contribution in [2.75, 3.05) is 5.32 Å². The van der Waals surface area contributed by atoms with Crippen molar-refractivity contribution in [2.45, 2.75) is 71.4 Å². The molecule has 0 unspecified atom stereocenters. The molecule has 1 amide bonds. The molecule has 2 rings (SSSR count). The van der Waals surface area contributed by atoms with Gasteiger partial charge in [-0.3, -0.25) is 5.32 Å². The number of amides is 1. The van der Waals surface area contributed by atoms with Crippen LogP contribution in [0.1, 0.15) is 54.0 Å². The van der Waals surface area contributed by atoms with Crippen LogP contribution in [0.15, 0.2) is 18.2 Å². The lowest BCUT2D eigenvalue weighted by Gasteiger charge is -2.32. The van der Waals surface area contributed by atoms with E-state index in [1.54, 1.807) is 20.8 Å². The predicted molar refractivity (Wildman–Crippen MR) is 97.0 cm³/mol. The highest BCUT2D eigenvalue weighted by Gasteiger charge is 2.52. The summed E-state index contributed by atoms with van der Waals surface area (Å²) in [5, 5.41) is 2.39. The monoisotopic (exact) mass is 387 g/mol. The van der Waals surface area contributed by atoms with Gasteiger partial charge in [-0.15, -0.1) is 0 Å². The van der Waals surface area contributed by atoms with Gasteiger partial charge in [0.1, 0.15) is 5.60 Å². The van der Waals surface area contributed by atoms with Gasteiger partial charge in [0.2, 0.25) is 0 Å². The van der Waals surface area contributed by atoms with Crippen LogP contribution in [-0.4, -0.2) is 30.0 Å². The number of hydrogen-bond donors (Lipinski definition) is 1. The summed E-state index contributed by atoms with van der Waals surface area (Å²) in [6.07, 6.45) is -5.42. The van der Waals surface area contributed by atoms with Gasteiger partial charge in [0.15, 0.2) is 0 Å². The van der Waals surface area contributed by atoms with Gasteiger partial charge >= 0.3 is 19.4 Å². The van der Waals surface area contributed by atoms with Crippen molar-refractivity contribution in [1.29, 1.82) is 0 Å². The third-order valence-corrected chi connectivity index (χ3v) is 4.52. The fraction of sp³-hybridized carbons (Fsp3) is 0.611. The number of ether oxygens (including phenoxy) is 1. The van der Waals surface area contributed by atoms with Crippen LogP contribution in [0.3, 0.4) is 0 Å². The molecule has 1 fully saturated rings. The zero-order valence-corrected chi connectivity index (χ0v) is 16.6. The molecule has 1 N–H and O–H groups in total. The second-order valence-corrected chi connectivity index (χ2v) is 8.51. The van der Waals surface area contributed by atoms with Crippen molar-refractivity contribution < 1.29 is 32.0 Å². The molecular formula is C18H25BF3NO4. The Morgan fingerprint density at radius 3 is 2.04 bits per heavy atom. The quantitative estimate of drug-likeness (QED) is 0.767. The van der Waals surface area contributed by atoms with Crippen molar-refractivity contribution in [3.8, 4) is 0 Å². The first kappa shape index (κ1) is 21.6. The standard InChI is InChI=1S/C18H25BF3NO4/c1-15(2,3)25-14(24)23-13-10-11(18(20,21)22)8-9-12(13)19-26-16(4,5)17(6,7)27-19/h8-10H,1-7H3,(H,23,24). The lowest BCUT2D eigenvalue weighted by atomic mass is 9.77. The van der Waals surface area contributed by atoms with Crippen molar-refractivity contribution in [2.24, 2.45) is 0 Å². The average molecular weight is 387 g/mol. The first-order valence-electron chi connectivity index (χ1n) is 8.59. The SMILES string of the molecule is CC(C)(C)OC(=O)Nc1cc(C(F)(F)F)ccc1B1OC(C)(C)C(C)(C)O1. The zero-order valence-electron chi connectivity index (χ0n) is 16.6. The molecule has 5 nitrogen and oxygen atoms in total. The van der Waals surface area contributed by atoms with E-state index in [0.29, 0.717) is 0 Å². The minimum atomic E-state index is -4.56. The summed E-state index contributed by atoms with van der Waals surface area (Å²) >= 11 is 0. The molecule has 1 heterocycles. The van der Waals surface area contributed by atoms with Gasteiger partial charge in [0, 0.05) is 11.2 Å². The Morgan fingerprint density at radius 1 is 1.07 bits per heavy atom. The maximum atomic E-state index is 13.1. The van der Waals surface area contributed by atoms with Crippen LogP contribution >= 0.6 is 0 Å². The summed E-state index contributed by atoms with van der Waals surface area (Å²) in [6.45, 7) is 12.3. The Morgan fingerprint density at radius 2 is 1.59 bits per heavy atom. The highest BCUT2D eigenvalue weighted by atomic mass is 19.4. The summed E-state index contributed by atoms with van der Waals surface area (Å²) in [7, 11) is -0.928. The Bertz CT molecular complexity index is 710. The molecule has 9 heteroatoms. The molecular weight excluding hydrogens is 362 g/mol. The molecule has 0 aromatic heterocycles. The number of hydrogen-bond acceptors (Lipinski definition) is 4. The van der Waals surface area contributed by atoms with E-state index in [4.69, 9.17) is 14.0 Å². The van der Waals surface area contributed by atoms with Gasteiger partial charge < -0.3 is 14.0 Å². The van der Waals surface area contributed by atoms with Crippen molar-refractivity contribution in [3.05, 3.63) is 23.8 Å². The van der Waals surface area contributed by atoms with E-state index >= 15 is 0 Å². The molecule has 27 heavy (non-hydrogen) atoms. The van der Waals surface area contributed by atoms with E-state index in [0.717, 1.165) is 12.1 Å². The van der Waals surface area contributed by atoms with Crippen molar-refractivity contribution >= 4 is 24.4 Å². The largest absolute Gasteiger partial charge is 0.496 e. The molecule has 0 saturated carbocycles. The molecule has 0 radical (unpaired) electrons. The lowest BCUT2D eigenvalue weighted by Crippen LogP contribution is -2.41. The van der Waals surface area contributed by atoms with Crippen LogP contribution in [0.5, 0.6) is 0 Å². The summed E-state index contributed by atoms with van der Waals surface area (Å²) < 4.78 is 56.3. The fourth-order valence-corrected chi connectivity index (χ4v) is 2.43. The third kappa shape index (κ3) is 4.96.